The second-order valence-corrected chi connectivity index (χ2v) is 6.52. The molecular weight excluding hydrogens is 344 g/mol. The van der Waals surface area contributed by atoms with Crippen LogP contribution < -0.4 is 0 Å². The summed E-state index contributed by atoms with van der Waals surface area (Å²) in [7, 11) is 0. The fourth-order valence-electron chi connectivity index (χ4n) is 3.24. The van der Waals surface area contributed by atoms with Gasteiger partial charge >= 0.3 is 0 Å². The molecule has 0 saturated carbocycles. The summed E-state index contributed by atoms with van der Waals surface area (Å²) in [5, 5.41) is 6.94. The van der Waals surface area contributed by atoms with Gasteiger partial charge in [0.05, 0.1) is 16.6 Å². The van der Waals surface area contributed by atoms with Crippen LogP contribution in [0.25, 0.3) is 44.4 Å². The molecule has 5 rings (SSSR count). The Balaban J connectivity index is 1.91. The Morgan fingerprint density at radius 3 is 2.19 bits per heavy atom. The van der Waals surface area contributed by atoms with Crippen LogP contribution in [0, 0.1) is 0 Å². The molecule has 0 amide bonds. The predicted molar refractivity (Wildman–Crippen MR) is 105 cm³/mol. The molecule has 4 heteroatoms. The molecular formula is C22H13ClN2O. The number of rotatable bonds is 2. The maximum atomic E-state index is 6.07. The van der Waals surface area contributed by atoms with E-state index in [2.05, 4.69) is 5.16 Å². The standard InChI is InChI=1S/C22H13ClN2O/c23-16-12-10-15(11-13-16)20-19-21(14-6-2-1-3-7-14)25-26-22(19)17-8-4-5-9-18(17)24-20/h1-13H. The van der Waals surface area contributed by atoms with E-state index in [1.807, 2.05) is 78.9 Å². The van der Waals surface area contributed by atoms with E-state index in [9.17, 15) is 0 Å². The van der Waals surface area contributed by atoms with E-state index >= 15 is 0 Å². The van der Waals surface area contributed by atoms with E-state index in [4.69, 9.17) is 21.1 Å². The number of hydrogen-bond acceptors (Lipinski definition) is 3. The van der Waals surface area contributed by atoms with Gasteiger partial charge in [0.2, 0.25) is 0 Å². The summed E-state index contributed by atoms with van der Waals surface area (Å²) in [5.74, 6) is 0. The van der Waals surface area contributed by atoms with Gasteiger partial charge in [-0.2, -0.15) is 0 Å². The summed E-state index contributed by atoms with van der Waals surface area (Å²) < 4.78 is 5.79. The number of pyridine rings is 1. The number of nitrogens with zero attached hydrogens (tertiary/aromatic N) is 2. The number of benzene rings is 3. The molecule has 0 spiro atoms. The van der Waals surface area contributed by atoms with Crippen molar-refractivity contribution >= 4 is 33.5 Å². The average Bonchev–Trinajstić information content (AvgIpc) is 3.14. The third-order valence-corrected chi connectivity index (χ3v) is 4.73. The zero-order valence-corrected chi connectivity index (χ0v) is 14.4. The van der Waals surface area contributed by atoms with Crippen molar-refractivity contribution in [3.8, 4) is 22.5 Å². The molecule has 0 unspecified atom stereocenters. The SMILES string of the molecule is Clc1ccc(-c2nc3ccccc3c3onc(-c4ccccc4)c23)cc1. The Morgan fingerprint density at radius 1 is 0.692 bits per heavy atom. The molecule has 5 aromatic rings. The van der Waals surface area contributed by atoms with E-state index in [-0.39, 0.29) is 0 Å². The third kappa shape index (κ3) is 2.37. The second-order valence-electron chi connectivity index (χ2n) is 6.09. The zero-order valence-electron chi connectivity index (χ0n) is 13.7. The Hall–Kier alpha value is -3.17. The molecule has 0 aliphatic carbocycles. The van der Waals surface area contributed by atoms with Crippen LogP contribution in [0.5, 0.6) is 0 Å². The number of aromatic nitrogens is 2. The highest BCUT2D eigenvalue weighted by Crippen LogP contribution is 2.38. The lowest BCUT2D eigenvalue weighted by Crippen LogP contribution is -1.89. The third-order valence-electron chi connectivity index (χ3n) is 4.47. The van der Waals surface area contributed by atoms with Crippen LogP contribution in [0.15, 0.2) is 83.4 Å². The van der Waals surface area contributed by atoms with Crippen LogP contribution in [0.3, 0.4) is 0 Å². The van der Waals surface area contributed by atoms with Crippen molar-refractivity contribution < 1.29 is 4.52 Å². The van der Waals surface area contributed by atoms with Gasteiger partial charge in [-0.3, -0.25) is 0 Å². The quantitative estimate of drug-likeness (QED) is 0.369. The minimum absolute atomic E-state index is 0.694. The first-order valence-corrected chi connectivity index (χ1v) is 8.68. The minimum Gasteiger partial charge on any atom is -0.355 e. The molecule has 0 N–H and O–H groups in total. The van der Waals surface area contributed by atoms with Crippen molar-refractivity contribution in [2.75, 3.05) is 0 Å². The first-order chi connectivity index (χ1) is 12.8. The highest BCUT2D eigenvalue weighted by atomic mass is 35.5. The molecule has 2 aromatic heterocycles. The number of para-hydroxylation sites is 1. The molecule has 0 aliphatic heterocycles. The summed E-state index contributed by atoms with van der Waals surface area (Å²) in [4.78, 5) is 4.92. The van der Waals surface area contributed by atoms with E-state index in [0.29, 0.717) is 5.02 Å². The van der Waals surface area contributed by atoms with Crippen molar-refractivity contribution in [1.29, 1.82) is 0 Å². The summed E-state index contributed by atoms with van der Waals surface area (Å²) in [6, 6.07) is 25.7. The van der Waals surface area contributed by atoms with Crippen LogP contribution in [-0.4, -0.2) is 10.1 Å². The molecule has 0 fully saturated rings. The van der Waals surface area contributed by atoms with Crippen LogP contribution in [0.2, 0.25) is 5.02 Å². The first kappa shape index (κ1) is 15.1. The van der Waals surface area contributed by atoms with Gasteiger partial charge in [0.25, 0.3) is 0 Å². The molecule has 0 saturated heterocycles. The van der Waals surface area contributed by atoms with E-state index < -0.39 is 0 Å². The number of hydrogen-bond donors (Lipinski definition) is 0. The van der Waals surface area contributed by atoms with Crippen molar-refractivity contribution in [2.24, 2.45) is 0 Å². The molecule has 0 aliphatic rings. The van der Waals surface area contributed by atoms with Crippen molar-refractivity contribution in [1.82, 2.24) is 10.1 Å². The fraction of sp³-hybridized carbons (Fsp3) is 0. The van der Waals surface area contributed by atoms with E-state index in [0.717, 1.165) is 44.4 Å². The summed E-state index contributed by atoms with van der Waals surface area (Å²) >= 11 is 6.07. The Labute approximate surface area is 154 Å². The zero-order chi connectivity index (χ0) is 17.5. The molecule has 0 atom stereocenters. The lowest BCUT2D eigenvalue weighted by Gasteiger charge is -2.07. The van der Waals surface area contributed by atoms with Gasteiger partial charge in [0.15, 0.2) is 5.58 Å². The summed E-state index contributed by atoms with van der Waals surface area (Å²) in [5.41, 5.74) is 5.24. The Bertz CT molecular complexity index is 1230. The smallest absolute Gasteiger partial charge is 0.179 e. The molecule has 26 heavy (non-hydrogen) atoms. The lowest BCUT2D eigenvalue weighted by molar-refractivity contribution is 0.461. The molecule has 0 bridgehead atoms. The second kappa shape index (κ2) is 5.97. The van der Waals surface area contributed by atoms with E-state index in [1.54, 1.807) is 0 Å². The number of halogens is 1. The largest absolute Gasteiger partial charge is 0.355 e. The van der Waals surface area contributed by atoms with Gasteiger partial charge in [-0.15, -0.1) is 0 Å². The lowest BCUT2D eigenvalue weighted by atomic mass is 10.0. The maximum absolute atomic E-state index is 6.07. The van der Waals surface area contributed by atoms with Crippen LogP contribution in [0.4, 0.5) is 0 Å². The number of fused-ring (bicyclic) bond motifs is 3. The predicted octanol–water partition coefficient (Wildman–Crippen LogP) is 6.36. The van der Waals surface area contributed by atoms with Gasteiger partial charge < -0.3 is 4.52 Å². The maximum Gasteiger partial charge on any atom is 0.179 e. The average molecular weight is 357 g/mol. The summed E-state index contributed by atoms with van der Waals surface area (Å²) in [6.07, 6.45) is 0. The normalized spacial score (nSPS) is 11.3. The van der Waals surface area contributed by atoms with Gasteiger partial charge in [0.1, 0.15) is 5.69 Å². The van der Waals surface area contributed by atoms with E-state index in [1.165, 1.54) is 0 Å². The summed E-state index contributed by atoms with van der Waals surface area (Å²) in [6.45, 7) is 0. The molecule has 3 nitrogen and oxygen atoms in total. The molecule has 3 aromatic carbocycles. The Morgan fingerprint density at radius 2 is 1.38 bits per heavy atom. The van der Waals surface area contributed by atoms with Gasteiger partial charge in [-0.1, -0.05) is 71.4 Å². The molecule has 124 valence electrons. The van der Waals surface area contributed by atoms with Gasteiger partial charge in [-0.05, 0) is 24.3 Å². The fourth-order valence-corrected chi connectivity index (χ4v) is 3.37. The van der Waals surface area contributed by atoms with Crippen LogP contribution >= 0.6 is 11.6 Å². The van der Waals surface area contributed by atoms with Crippen LogP contribution in [-0.2, 0) is 0 Å². The molecule has 0 radical (unpaired) electrons. The minimum atomic E-state index is 0.694. The molecule has 2 heterocycles. The van der Waals surface area contributed by atoms with Crippen molar-refractivity contribution in [2.45, 2.75) is 0 Å². The van der Waals surface area contributed by atoms with Crippen molar-refractivity contribution in [3.05, 3.63) is 83.9 Å². The van der Waals surface area contributed by atoms with Crippen molar-refractivity contribution in [3.63, 3.8) is 0 Å². The van der Waals surface area contributed by atoms with Crippen LogP contribution in [0.1, 0.15) is 0 Å². The first-order valence-electron chi connectivity index (χ1n) is 8.31. The monoisotopic (exact) mass is 356 g/mol. The Kier molecular flexibility index (Phi) is 3.47. The highest BCUT2D eigenvalue weighted by Gasteiger charge is 2.19. The topological polar surface area (TPSA) is 38.9 Å². The van der Waals surface area contributed by atoms with Gasteiger partial charge in [0, 0.05) is 21.5 Å². The highest BCUT2D eigenvalue weighted by molar-refractivity contribution is 6.30. The van der Waals surface area contributed by atoms with Gasteiger partial charge in [-0.25, -0.2) is 4.98 Å².